The van der Waals surface area contributed by atoms with Crippen molar-refractivity contribution >= 4 is 23.5 Å². The van der Waals surface area contributed by atoms with Gasteiger partial charge < -0.3 is 4.90 Å². The van der Waals surface area contributed by atoms with E-state index in [9.17, 15) is 9.59 Å². The number of carbonyl (C=O) groups excluding carboxylic acids is 2. The van der Waals surface area contributed by atoms with E-state index in [4.69, 9.17) is 0 Å². The van der Waals surface area contributed by atoms with Gasteiger partial charge in [0.05, 0.1) is 5.75 Å². The number of carbonyl (C=O) groups is 2. The smallest absolute Gasteiger partial charge is 0.233 e. The van der Waals surface area contributed by atoms with E-state index in [1.807, 2.05) is 13.0 Å². The first-order valence-electron chi connectivity index (χ1n) is 5.87. The first-order chi connectivity index (χ1) is 8.65. The number of hydrogen-bond acceptors (Lipinski definition) is 5. The molecule has 1 aliphatic rings. The lowest BCUT2D eigenvalue weighted by Crippen LogP contribution is -2.39. The summed E-state index contributed by atoms with van der Waals surface area (Å²) in [4.78, 5) is 33.1. The van der Waals surface area contributed by atoms with Crippen molar-refractivity contribution in [3.05, 3.63) is 18.0 Å². The zero-order chi connectivity index (χ0) is 13.0. The molecule has 2 heterocycles. The fraction of sp³-hybridized carbons (Fsp3) is 0.500. The van der Waals surface area contributed by atoms with E-state index in [0.717, 1.165) is 5.69 Å². The molecule has 5 nitrogen and oxygen atoms in total. The largest absolute Gasteiger partial charge is 0.341 e. The van der Waals surface area contributed by atoms with Crippen molar-refractivity contribution in [1.29, 1.82) is 0 Å². The van der Waals surface area contributed by atoms with E-state index >= 15 is 0 Å². The summed E-state index contributed by atoms with van der Waals surface area (Å²) in [6, 6.07) is 1.82. The van der Waals surface area contributed by atoms with Gasteiger partial charge in [-0.05, 0) is 13.0 Å². The Morgan fingerprint density at radius 3 is 2.83 bits per heavy atom. The number of ketones is 1. The quantitative estimate of drug-likeness (QED) is 0.604. The van der Waals surface area contributed by atoms with E-state index in [-0.39, 0.29) is 11.7 Å². The van der Waals surface area contributed by atoms with Crippen molar-refractivity contribution in [2.75, 3.05) is 18.8 Å². The number of aromatic nitrogens is 2. The van der Waals surface area contributed by atoms with E-state index < -0.39 is 0 Å². The molecule has 96 valence electrons. The number of amides is 1. The summed E-state index contributed by atoms with van der Waals surface area (Å²) < 4.78 is 0. The summed E-state index contributed by atoms with van der Waals surface area (Å²) in [5, 5.41) is 0.622. The molecule has 0 saturated carbocycles. The van der Waals surface area contributed by atoms with E-state index in [1.165, 1.54) is 11.8 Å². The Morgan fingerprint density at radius 1 is 1.44 bits per heavy atom. The number of Topliss-reactive ketones (excluding diaryl/α,β-unsaturated/α-hetero) is 1. The molecule has 1 aromatic rings. The number of likely N-dealkylation sites (tertiary alicyclic amines) is 1. The molecule has 2 rings (SSSR count). The van der Waals surface area contributed by atoms with E-state index in [2.05, 4.69) is 9.97 Å². The van der Waals surface area contributed by atoms with Gasteiger partial charge in [-0.3, -0.25) is 9.59 Å². The molecular formula is C12H15N3O2S. The van der Waals surface area contributed by atoms with Gasteiger partial charge >= 0.3 is 0 Å². The Labute approximate surface area is 110 Å². The molecule has 0 spiro atoms. The minimum absolute atomic E-state index is 0.0533. The summed E-state index contributed by atoms with van der Waals surface area (Å²) in [5.41, 5.74) is 0.892. The number of nitrogens with zero attached hydrogens (tertiary/aromatic N) is 3. The first-order valence-corrected chi connectivity index (χ1v) is 6.85. The third-order valence-corrected chi connectivity index (χ3v) is 3.62. The van der Waals surface area contributed by atoms with Gasteiger partial charge in [-0.25, -0.2) is 9.97 Å². The Balaban J connectivity index is 1.83. The van der Waals surface area contributed by atoms with Crippen LogP contribution in [0.2, 0.25) is 0 Å². The Hall–Kier alpha value is -1.43. The van der Waals surface area contributed by atoms with Crippen LogP contribution in [0.25, 0.3) is 0 Å². The molecule has 1 amide bonds. The molecule has 0 radical (unpaired) electrons. The number of piperidine rings is 1. The van der Waals surface area contributed by atoms with Gasteiger partial charge in [0.25, 0.3) is 0 Å². The second kappa shape index (κ2) is 5.95. The molecule has 1 aromatic heterocycles. The summed E-state index contributed by atoms with van der Waals surface area (Å²) in [7, 11) is 0. The van der Waals surface area contributed by atoms with Gasteiger partial charge in [0.15, 0.2) is 5.16 Å². The highest BCUT2D eigenvalue weighted by atomic mass is 32.2. The maximum atomic E-state index is 11.9. The highest BCUT2D eigenvalue weighted by molar-refractivity contribution is 7.99. The number of thioether (sulfide) groups is 1. The second-order valence-electron chi connectivity index (χ2n) is 4.19. The molecule has 1 aliphatic heterocycles. The SMILES string of the molecule is Cc1ccnc(SCC(=O)N2CCC(=O)CC2)n1. The van der Waals surface area contributed by atoms with Crippen LogP contribution in [-0.4, -0.2) is 45.4 Å². The lowest BCUT2D eigenvalue weighted by molar-refractivity contribution is -0.132. The molecule has 0 bridgehead atoms. The Morgan fingerprint density at radius 2 is 2.17 bits per heavy atom. The van der Waals surface area contributed by atoms with Crippen molar-refractivity contribution in [1.82, 2.24) is 14.9 Å². The van der Waals surface area contributed by atoms with Crippen LogP contribution in [0.5, 0.6) is 0 Å². The van der Waals surface area contributed by atoms with Crippen LogP contribution in [0.1, 0.15) is 18.5 Å². The summed E-state index contributed by atoms with van der Waals surface area (Å²) in [6.07, 6.45) is 2.66. The highest BCUT2D eigenvalue weighted by Crippen LogP contribution is 2.14. The van der Waals surface area contributed by atoms with Crippen LogP contribution in [0.4, 0.5) is 0 Å². The predicted molar refractivity (Wildman–Crippen MR) is 68.3 cm³/mol. The molecule has 0 aliphatic carbocycles. The molecule has 0 N–H and O–H groups in total. The van der Waals surface area contributed by atoms with Gasteiger partial charge in [0.2, 0.25) is 5.91 Å². The third-order valence-electron chi connectivity index (χ3n) is 2.77. The second-order valence-corrected chi connectivity index (χ2v) is 5.13. The minimum atomic E-state index is 0.0533. The van der Waals surface area contributed by atoms with Gasteiger partial charge in [-0.15, -0.1) is 0 Å². The lowest BCUT2D eigenvalue weighted by Gasteiger charge is -2.25. The zero-order valence-corrected chi connectivity index (χ0v) is 11.1. The maximum absolute atomic E-state index is 11.9. The van der Waals surface area contributed by atoms with Crippen molar-refractivity contribution < 1.29 is 9.59 Å². The summed E-state index contributed by atoms with van der Waals surface area (Å²) in [6.45, 7) is 2.99. The van der Waals surface area contributed by atoms with Crippen LogP contribution in [0.15, 0.2) is 17.4 Å². The van der Waals surface area contributed by atoms with E-state index in [1.54, 1.807) is 11.1 Å². The van der Waals surface area contributed by atoms with Gasteiger partial charge in [0, 0.05) is 37.8 Å². The average Bonchev–Trinajstić information content (AvgIpc) is 2.37. The predicted octanol–water partition coefficient (Wildman–Crippen LogP) is 1.07. The molecule has 1 fully saturated rings. The third kappa shape index (κ3) is 3.53. The van der Waals surface area contributed by atoms with Crippen molar-refractivity contribution in [2.24, 2.45) is 0 Å². The van der Waals surface area contributed by atoms with Crippen LogP contribution < -0.4 is 0 Å². The first kappa shape index (κ1) is 13.0. The minimum Gasteiger partial charge on any atom is -0.341 e. The standard InChI is InChI=1S/C12H15N3O2S/c1-9-2-5-13-12(14-9)18-8-11(17)15-6-3-10(16)4-7-15/h2,5H,3-4,6-8H2,1H3. The molecule has 6 heteroatoms. The van der Waals surface area contributed by atoms with Crippen molar-refractivity contribution in [2.45, 2.75) is 24.9 Å². The summed E-state index contributed by atoms with van der Waals surface area (Å²) in [5.74, 6) is 0.629. The lowest BCUT2D eigenvalue weighted by atomic mass is 10.1. The average molecular weight is 265 g/mol. The number of rotatable bonds is 3. The van der Waals surface area contributed by atoms with E-state index in [0.29, 0.717) is 36.8 Å². The molecule has 0 unspecified atom stereocenters. The van der Waals surface area contributed by atoms with Gasteiger partial charge in [-0.1, -0.05) is 11.8 Å². The van der Waals surface area contributed by atoms with Gasteiger partial charge in [0.1, 0.15) is 5.78 Å². The zero-order valence-electron chi connectivity index (χ0n) is 10.3. The van der Waals surface area contributed by atoms with Crippen LogP contribution in [-0.2, 0) is 9.59 Å². The molecule has 18 heavy (non-hydrogen) atoms. The Bertz CT molecular complexity index is 454. The van der Waals surface area contributed by atoms with Crippen LogP contribution in [0.3, 0.4) is 0 Å². The molecule has 1 saturated heterocycles. The number of hydrogen-bond donors (Lipinski definition) is 0. The van der Waals surface area contributed by atoms with Gasteiger partial charge in [-0.2, -0.15) is 0 Å². The molecule has 0 aromatic carbocycles. The topological polar surface area (TPSA) is 63.2 Å². The monoisotopic (exact) mass is 265 g/mol. The summed E-state index contributed by atoms with van der Waals surface area (Å²) >= 11 is 1.34. The number of aryl methyl sites for hydroxylation is 1. The normalized spacial score (nSPS) is 15.8. The molecular weight excluding hydrogens is 250 g/mol. The fourth-order valence-electron chi connectivity index (χ4n) is 1.72. The van der Waals surface area contributed by atoms with Crippen LogP contribution in [0, 0.1) is 6.92 Å². The van der Waals surface area contributed by atoms with Crippen LogP contribution >= 0.6 is 11.8 Å². The van der Waals surface area contributed by atoms with Crippen molar-refractivity contribution in [3.63, 3.8) is 0 Å². The molecule has 0 atom stereocenters. The fourth-order valence-corrected chi connectivity index (χ4v) is 2.50. The Kier molecular flexibility index (Phi) is 4.30. The highest BCUT2D eigenvalue weighted by Gasteiger charge is 2.20. The van der Waals surface area contributed by atoms with Crippen molar-refractivity contribution in [3.8, 4) is 0 Å². The maximum Gasteiger partial charge on any atom is 0.233 e.